The van der Waals surface area contributed by atoms with Crippen molar-refractivity contribution in [2.45, 2.75) is 26.3 Å². The molecule has 0 saturated heterocycles. The van der Waals surface area contributed by atoms with Crippen molar-refractivity contribution in [3.63, 3.8) is 0 Å². The van der Waals surface area contributed by atoms with E-state index in [0.29, 0.717) is 5.92 Å². The maximum atomic E-state index is 5.99. The van der Waals surface area contributed by atoms with Crippen molar-refractivity contribution in [3.8, 4) is 0 Å². The van der Waals surface area contributed by atoms with Gasteiger partial charge in [-0.25, -0.2) is 4.98 Å². The van der Waals surface area contributed by atoms with E-state index in [9.17, 15) is 0 Å². The van der Waals surface area contributed by atoms with Gasteiger partial charge in [-0.3, -0.25) is 0 Å². The molecule has 1 N–H and O–H groups in total. The number of nitrogens with one attached hydrogen (secondary N) is 1. The van der Waals surface area contributed by atoms with Crippen LogP contribution in [0.1, 0.15) is 31.2 Å². The van der Waals surface area contributed by atoms with Crippen LogP contribution in [-0.4, -0.2) is 4.98 Å². The predicted octanol–water partition coefficient (Wildman–Crippen LogP) is 5.22. The average molecular weight is 301 g/mol. The molecule has 4 heteroatoms. The highest BCUT2D eigenvalue weighted by Crippen LogP contribution is 2.24. The fraction of sp³-hybridized carbons (Fsp3) is 0.235. The van der Waals surface area contributed by atoms with Gasteiger partial charge in [-0.2, -0.15) is 0 Å². The number of nitrogens with zero attached hydrogens (tertiary/aromatic N) is 1. The van der Waals surface area contributed by atoms with E-state index in [0.717, 1.165) is 39.8 Å². The molecule has 0 amide bonds. The summed E-state index contributed by atoms with van der Waals surface area (Å²) in [5.74, 6) is 1.07. The molecule has 0 bridgehead atoms. The van der Waals surface area contributed by atoms with Crippen LogP contribution in [0.25, 0.3) is 11.1 Å². The number of aromatic nitrogens is 1. The van der Waals surface area contributed by atoms with Gasteiger partial charge in [0.1, 0.15) is 5.52 Å². The van der Waals surface area contributed by atoms with Gasteiger partial charge in [0.2, 0.25) is 0 Å². The van der Waals surface area contributed by atoms with Crippen molar-refractivity contribution < 1.29 is 4.42 Å². The summed E-state index contributed by atoms with van der Waals surface area (Å²) in [6.07, 6.45) is 0. The second-order valence-electron chi connectivity index (χ2n) is 5.37. The van der Waals surface area contributed by atoms with Crippen molar-refractivity contribution in [2.24, 2.45) is 0 Å². The number of halogens is 1. The topological polar surface area (TPSA) is 38.1 Å². The van der Waals surface area contributed by atoms with E-state index in [2.05, 4.69) is 24.1 Å². The van der Waals surface area contributed by atoms with Gasteiger partial charge in [0.25, 0.3) is 0 Å². The Balaban J connectivity index is 1.78. The Morgan fingerprint density at radius 1 is 1.19 bits per heavy atom. The Labute approximate surface area is 128 Å². The third-order valence-corrected chi connectivity index (χ3v) is 3.52. The van der Waals surface area contributed by atoms with E-state index >= 15 is 0 Å². The van der Waals surface area contributed by atoms with E-state index in [-0.39, 0.29) is 0 Å². The maximum Gasteiger partial charge on any atom is 0.198 e. The van der Waals surface area contributed by atoms with Crippen molar-refractivity contribution in [1.29, 1.82) is 0 Å². The van der Waals surface area contributed by atoms with Crippen LogP contribution >= 0.6 is 11.6 Å². The summed E-state index contributed by atoms with van der Waals surface area (Å²) < 4.78 is 5.71. The molecular weight excluding hydrogens is 284 g/mol. The van der Waals surface area contributed by atoms with E-state index in [1.54, 1.807) is 0 Å². The largest absolute Gasteiger partial charge is 0.440 e. The van der Waals surface area contributed by atoms with Gasteiger partial charge in [-0.05, 0) is 35.9 Å². The lowest BCUT2D eigenvalue weighted by molar-refractivity contribution is 0.501. The summed E-state index contributed by atoms with van der Waals surface area (Å²) in [6.45, 7) is 4.87. The number of benzene rings is 2. The number of hydrogen-bond acceptors (Lipinski definition) is 3. The highest BCUT2D eigenvalue weighted by atomic mass is 35.5. The monoisotopic (exact) mass is 300 g/mol. The summed E-state index contributed by atoms with van der Waals surface area (Å²) in [6, 6.07) is 13.8. The lowest BCUT2D eigenvalue weighted by Gasteiger charge is -2.06. The standard InChI is InChI=1S/C17H17ClN2O/c1-11(2)17-20-15-9-14(6-7-16(15)21-17)19-10-12-4-3-5-13(18)8-12/h3-9,11,19H,10H2,1-2H3. The van der Waals surface area contributed by atoms with E-state index in [1.807, 2.05) is 42.5 Å². The first-order valence-corrected chi connectivity index (χ1v) is 7.38. The zero-order chi connectivity index (χ0) is 14.8. The molecule has 3 rings (SSSR count). The van der Waals surface area contributed by atoms with Crippen LogP contribution in [0.2, 0.25) is 5.02 Å². The Morgan fingerprint density at radius 3 is 2.81 bits per heavy atom. The molecule has 0 atom stereocenters. The zero-order valence-electron chi connectivity index (χ0n) is 12.1. The molecule has 3 aromatic rings. The van der Waals surface area contributed by atoms with Gasteiger partial charge in [-0.15, -0.1) is 0 Å². The van der Waals surface area contributed by atoms with Crippen LogP contribution in [-0.2, 0) is 6.54 Å². The van der Waals surface area contributed by atoms with E-state index < -0.39 is 0 Å². The molecule has 0 aliphatic rings. The Bertz CT molecular complexity index is 764. The van der Waals surface area contributed by atoms with E-state index in [4.69, 9.17) is 16.0 Å². The fourth-order valence-electron chi connectivity index (χ4n) is 2.15. The van der Waals surface area contributed by atoms with Crippen LogP contribution < -0.4 is 5.32 Å². The molecule has 1 heterocycles. The predicted molar refractivity (Wildman–Crippen MR) is 86.9 cm³/mol. The summed E-state index contributed by atoms with van der Waals surface area (Å²) in [5, 5.41) is 4.13. The number of anilines is 1. The Hall–Kier alpha value is -2.00. The van der Waals surface area contributed by atoms with Crippen LogP contribution in [0.15, 0.2) is 46.9 Å². The number of fused-ring (bicyclic) bond motifs is 1. The highest BCUT2D eigenvalue weighted by Gasteiger charge is 2.09. The normalized spacial score (nSPS) is 11.2. The van der Waals surface area contributed by atoms with Gasteiger partial charge in [0.15, 0.2) is 11.5 Å². The summed E-state index contributed by atoms with van der Waals surface area (Å²) in [4.78, 5) is 4.51. The average Bonchev–Trinajstić information content (AvgIpc) is 2.88. The third kappa shape index (κ3) is 3.19. The molecule has 0 aliphatic heterocycles. The van der Waals surface area contributed by atoms with Crippen LogP contribution in [0.4, 0.5) is 5.69 Å². The summed E-state index contributed by atoms with van der Waals surface area (Å²) in [5.41, 5.74) is 3.87. The minimum atomic E-state index is 0.292. The Morgan fingerprint density at radius 2 is 2.05 bits per heavy atom. The second kappa shape index (κ2) is 5.78. The molecule has 1 aromatic heterocycles. The van der Waals surface area contributed by atoms with E-state index in [1.165, 1.54) is 0 Å². The quantitative estimate of drug-likeness (QED) is 0.718. The molecule has 0 aliphatic carbocycles. The van der Waals surface area contributed by atoms with Gasteiger partial charge in [0.05, 0.1) is 0 Å². The lowest BCUT2D eigenvalue weighted by atomic mass is 10.2. The molecule has 3 nitrogen and oxygen atoms in total. The second-order valence-corrected chi connectivity index (χ2v) is 5.81. The maximum absolute atomic E-state index is 5.99. The highest BCUT2D eigenvalue weighted by molar-refractivity contribution is 6.30. The first-order valence-electron chi connectivity index (χ1n) is 7.00. The minimum Gasteiger partial charge on any atom is -0.440 e. The summed E-state index contributed by atoms with van der Waals surface area (Å²) in [7, 11) is 0. The van der Waals surface area contributed by atoms with Crippen LogP contribution in [0, 0.1) is 0 Å². The smallest absolute Gasteiger partial charge is 0.198 e. The number of rotatable bonds is 4. The molecule has 0 fully saturated rings. The Kier molecular flexibility index (Phi) is 3.84. The van der Waals surface area contributed by atoms with Gasteiger partial charge in [-0.1, -0.05) is 37.6 Å². The molecule has 0 unspecified atom stereocenters. The number of oxazole rings is 1. The van der Waals surface area contributed by atoms with Crippen molar-refractivity contribution in [1.82, 2.24) is 4.98 Å². The third-order valence-electron chi connectivity index (χ3n) is 3.28. The SMILES string of the molecule is CC(C)c1nc2cc(NCc3cccc(Cl)c3)ccc2o1. The molecule has 2 aromatic carbocycles. The van der Waals surface area contributed by atoms with Crippen molar-refractivity contribution in [2.75, 3.05) is 5.32 Å². The minimum absolute atomic E-state index is 0.292. The fourth-order valence-corrected chi connectivity index (χ4v) is 2.37. The molecule has 21 heavy (non-hydrogen) atoms. The summed E-state index contributed by atoms with van der Waals surface area (Å²) >= 11 is 5.99. The molecule has 0 spiro atoms. The van der Waals surface area contributed by atoms with Crippen LogP contribution in [0.5, 0.6) is 0 Å². The molecular formula is C17H17ClN2O. The lowest BCUT2D eigenvalue weighted by Crippen LogP contribution is -1.98. The van der Waals surface area contributed by atoms with Crippen molar-refractivity contribution >= 4 is 28.4 Å². The molecule has 0 saturated carbocycles. The zero-order valence-corrected chi connectivity index (χ0v) is 12.8. The molecule has 0 radical (unpaired) electrons. The molecule has 108 valence electrons. The van der Waals surface area contributed by atoms with Crippen LogP contribution in [0.3, 0.4) is 0 Å². The van der Waals surface area contributed by atoms with Gasteiger partial charge >= 0.3 is 0 Å². The van der Waals surface area contributed by atoms with Crippen molar-refractivity contribution in [3.05, 3.63) is 58.9 Å². The first kappa shape index (κ1) is 14.0. The number of hydrogen-bond donors (Lipinski definition) is 1. The van der Waals surface area contributed by atoms with Gasteiger partial charge < -0.3 is 9.73 Å². The first-order chi connectivity index (χ1) is 10.1. The van der Waals surface area contributed by atoms with Gasteiger partial charge in [0, 0.05) is 23.2 Å².